The smallest absolute Gasteiger partial charge is 0.147 e. The molecule has 0 aliphatic rings. The molecule has 0 fully saturated rings. The Labute approximate surface area is 172 Å². The van der Waals surface area contributed by atoms with Crippen molar-refractivity contribution in [3.05, 3.63) is 89.2 Å². The number of thioether (sulfide) groups is 1. The van der Waals surface area contributed by atoms with Crippen LogP contribution < -0.4 is 5.32 Å². The van der Waals surface area contributed by atoms with Crippen LogP contribution >= 0.6 is 23.4 Å². The third kappa shape index (κ3) is 3.63. The maximum atomic E-state index is 11.0. The molecule has 0 saturated carbocycles. The fraction of sp³-hybridized carbons (Fsp3) is 0.0909. The molecular weight excluding hydrogens is 390 g/mol. The molecule has 4 aromatic rings. The molecule has 6 heteroatoms. The second-order valence-corrected chi connectivity index (χ2v) is 7.55. The fourth-order valence-corrected chi connectivity index (χ4v) is 3.84. The molecule has 2 N–H and O–H groups in total. The van der Waals surface area contributed by atoms with Crippen LogP contribution in [0.1, 0.15) is 17.2 Å². The average Bonchev–Trinajstić information content (AvgIpc) is 2.76. The lowest BCUT2D eigenvalue weighted by molar-refractivity contribution is 0.471. The van der Waals surface area contributed by atoms with Crippen molar-refractivity contribution in [3.8, 4) is 5.75 Å². The van der Waals surface area contributed by atoms with Gasteiger partial charge in [0.15, 0.2) is 0 Å². The summed E-state index contributed by atoms with van der Waals surface area (Å²) in [7, 11) is 0. The number of hydrogen-bond donors (Lipinski definition) is 2. The lowest BCUT2D eigenvalue weighted by Crippen LogP contribution is -2.14. The van der Waals surface area contributed by atoms with Gasteiger partial charge in [0, 0.05) is 28.2 Å². The van der Waals surface area contributed by atoms with Crippen LogP contribution in [0.4, 0.5) is 5.82 Å². The summed E-state index contributed by atoms with van der Waals surface area (Å²) in [6.07, 6.45) is 5.42. The molecule has 2 aromatic carbocycles. The molecule has 4 rings (SSSR count). The largest absolute Gasteiger partial charge is 0.505 e. The molecule has 0 saturated heterocycles. The second kappa shape index (κ2) is 8.09. The number of nitrogens with one attached hydrogen (secondary N) is 1. The van der Waals surface area contributed by atoms with E-state index >= 15 is 0 Å². The quantitative estimate of drug-likeness (QED) is 0.402. The molecule has 28 heavy (non-hydrogen) atoms. The predicted molar refractivity (Wildman–Crippen MR) is 116 cm³/mol. The number of pyridine rings is 2. The maximum absolute atomic E-state index is 11.0. The van der Waals surface area contributed by atoms with Crippen molar-refractivity contribution < 1.29 is 5.11 Å². The highest BCUT2D eigenvalue weighted by molar-refractivity contribution is 7.98. The topological polar surface area (TPSA) is 58.0 Å². The van der Waals surface area contributed by atoms with Gasteiger partial charge in [-0.1, -0.05) is 29.8 Å². The highest BCUT2D eigenvalue weighted by Crippen LogP contribution is 2.39. The average molecular weight is 408 g/mol. The SMILES string of the molecule is CSc1ccc([C@H](Nc2ccccn2)c2cc(Cl)c3cccnc3c2O)cc1. The van der Waals surface area contributed by atoms with Crippen molar-refractivity contribution >= 4 is 40.1 Å². The number of phenols is 1. The standard InChI is InChI=1S/C22H18ClN3OS/c1-28-15-9-7-14(8-10-15)20(26-19-6-2-3-11-24-19)17-13-18(23)16-5-4-12-25-21(16)22(17)27/h2-13,20,27H,1H3,(H,24,26)/t20-/m0/s1. The van der Waals surface area contributed by atoms with E-state index in [1.165, 1.54) is 4.90 Å². The van der Waals surface area contributed by atoms with Gasteiger partial charge in [0.05, 0.1) is 11.1 Å². The lowest BCUT2D eigenvalue weighted by Gasteiger charge is -2.22. The number of phenolic OH excluding ortho intramolecular Hbond substituents is 1. The Bertz CT molecular complexity index is 1100. The Hall–Kier alpha value is -2.76. The van der Waals surface area contributed by atoms with E-state index in [2.05, 4.69) is 27.4 Å². The number of anilines is 1. The molecule has 0 aliphatic heterocycles. The van der Waals surface area contributed by atoms with Gasteiger partial charge in [0.2, 0.25) is 0 Å². The molecule has 0 amide bonds. The molecule has 2 aromatic heterocycles. The molecule has 0 bridgehead atoms. The zero-order chi connectivity index (χ0) is 19.5. The van der Waals surface area contributed by atoms with Crippen molar-refractivity contribution in [2.45, 2.75) is 10.9 Å². The minimum absolute atomic E-state index is 0.113. The Morgan fingerprint density at radius 2 is 1.79 bits per heavy atom. The summed E-state index contributed by atoms with van der Waals surface area (Å²) in [6, 6.07) is 19.0. The molecule has 140 valence electrons. The highest BCUT2D eigenvalue weighted by Gasteiger charge is 2.22. The van der Waals surface area contributed by atoms with Crippen LogP contribution in [0.5, 0.6) is 5.75 Å². The van der Waals surface area contributed by atoms with Gasteiger partial charge in [-0.25, -0.2) is 4.98 Å². The first-order chi connectivity index (χ1) is 13.7. The van der Waals surface area contributed by atoms with E-state index < -0.39 is 0 Å². The Morgan fingerprint density at radius 1 is 1.00 bits per heavy atom. The zero-order valence-electron chi connectivity index (χ0n) is 15.1. The third-order valence-corrected chi connectivity index (χ3v) is 5.62. The lowest BCUT2D eigenvalue weighted by atomic mass is 9.96. The van der Waals surface area contributed by atoms with E-state index in [4.69, 9.17) is 11.6 Å². The van der Waals surface area contributed by atoms with E-state index in [9.17, 15) is 5.11 Å². The van der Waals surface area contributed by atoms with E-state index in [0.717, 1.165) is 10.9 Å². The first-order valence-corrected chi connectivity index (χ1v) is 10.4. The normalized spacial score (nSPS) is 12.1. The number of aromatic nitrogens is 2. The fourth-order valence-electron chi connectivity index (χ4n) is 3.16. The van der Waals surface area contributed by atoms with E-state index in [1.807, 2.05) is 42.7 Å². The summed E-state index contributed by atoms with van der Waals surface area (Å²) in [4.78, 5) is 9.87. The van der Waals surface area contributed by atoms with Crippen LogP contribution in [0.3, 0.4) is 0 Å². The number of benzene rings is 2. The first-order valence-electron chi connectivity index (χ1n) is 8.75. The van der Waals surface area contributed by atoms with Crippen LogP contribution in [0, 0.1) is 0 Å². The summed E-state index contributed by atoms with van der Waals surface area (Å²) in [5, 5.41) is 15.7. The molecule has 4 nitrogen and oxygen atoms in total. The van der Waals surface area contributed by atoms with Gasteiger partial charge in [-0.2, -0.15) is 0 Å². The van der Waals surface area contributed by atoms with Crippen LogP contribution in [0.2, 0.25) is 5.02 Å². The van der Waals surface area contributed by atoms with Gasteiger partial charge in [-0.05, 0) is 54.3 Å². The zero-order valence-corrected chi connectivity index (χ0v) is 16.7. The molecule has 2 heterocycles. The molecule has 0 spiro atoms. The van der Waals surface area contributed by atoms with Crippen LogP contribution in [0.15, 0.2) is 78.0 Å². The molecule has 0 aliphatic carbocycles. The van der Waals surface area contributed by atoms with E-state index in [-0.39, 0.29) is 11.8 Å². The minimum Gasteiger partial charge on any atom is -0.505 e. The summed E-state index contributed by atoms with van der Waals surface area (Å²) < 4.78 is 0. The van der Waals surface area contributed by atoms with Crippen LogP contribution in [0.25, 0.3) is 10.9 Å². The van der Waals surface area contributed by atoms with E-state index in [1.54, 1.807) is 36.3 Å². The number of aromatic hydroxyl groups is 1. The minimum atomic E-state index is -0.338. The number of nitrogens with zero attached hydrogens (tertiary/aromatic N) is 2. The Morgan fingerprint density at radius 3 is 2.50 bits per heavy atom. The number of fused-ring (bicyclic) bond motifs is 1. The van der Waals surface area contributed by atoms with Crippen molar-refractivity contribution in [2.75, 3.05) is 11.6 Å². The number of rotatable bonds is 5. The highest BCUT2D eigenvalue weighted by atomic mass is 35.5. The summed E-state index contributed by atoms with van der Waals surface area (Å²) >= 11 is 8.20. The van der Waals surface area contributed by atoms with Crippen LogP contribution in [-0.4, -0.2) is 21.3 Å². The second-order valence-electron chi connectivity index (χ2n) is 6.26. The third-order valence-electron chi connectivity index (χ3n) is 4.56. The van der Waals surface area contributed by atoms with Crippen molar-refractivity contribution in [1.82, 2.24) is 9.97 Å². The molecular formula is C22H18ClN3OS. The molecule has 0 radical (unpaired) electrons. The van der Waals surface area contributed by atoms with Crippen molar-refractivity contribution in [3.63, 3.8) is 0 Å². The maximum Gasteiger partial charge on any atom is 0.147 e. The van der Waals surface area contributed by atoms with Crippen molar-refractivity contribution in [2.24, 2.45) is 0 Å². The van der Waals surface area contributed by atoms with Gasteiger partial charge >= 0.3 is 0 Å². The summed E-state index contributed by atoms with van der Waals surface area (Å²) in [6.45, 7) is 0. The number of hydrogen-bond acceptors (Lipinski definition) is 5. The summed E-state index contributed by atoms with van der Waals surface area (Å²) in [5.41, 5.74) is 2.13. The number of halogens is 1. The molecule has 0 unspecified atom stereocenters. The van der Waals surface area contributed by atoms with Gasteiger partial charge in [-0.15, -0.1) is 11.8 Å². The van der Waals surface area contributed by atoms with Crippen LogP contribution in [-0.2, 0) is 0 Å². The van der Waals surface area contributed by atoms with E-state index in [0.29, 0.717) is 21.9 Å². The monoisotopic (exact) mass is 407 g/mol. The van der Waals surface area contributed by atoms with Gasteiger partial charge in [0.1, 0.15) is 17.1 Å². The van der Waals surface area contributed by atoms with Gasteiger partial charge < -0.3 is 10.4 Å². The molecule has 1 atom stereocenters. The summed E-state index contributed by atoms with van der Waals surface area (Å²) in [5.74, 6) is 0.820. The predicted octanol–water partition coefficient (Wildman–Crippen LogP) is 5.91. The Kier molecular flexibility index (Phi) is 5.37. The van der Waals surface area contributed by atoms with Crippen molar-refractivity contribution in [1.29, 1.82) is 0 Å². The Balaban J connectivity index is 1.87. The first kappa shape index (κ1) is 18.6. The van der Waals surface area contributed by atoms with Gasteiger partial charge in [0.25, 0.3) is 0 Å². The van der Waals surface area contributed by atoms with Gasteiger partial charge in [-0.3, -0.25) is 4.98 Å².